The van der Waals surface area contributed by atoms with Gasteiger partial charge in [0.1, 0.15) is 4.99 Å². The number of thiocarbonyl (C=S) groups is 1. The maximum Gasteiger partial charge on any atom is 0.120 e. The van der Waals surface area contributed by atoms with Gasteiger partial charge < -0.3 is 15.2 Å². The molecule has 1 aliphatic rings. The molecule has 1 saturated heterocycles. The van der Waals surface area contributed by atoms with Gasteiger partial charge in [0.15, 0.2) is 0 Å². The molecule has 0 aromatic carbocycles. The molecule has 0 amide bonds. The highest BCUT2D eigenvalue weighted by molar-refractivity contribution is 7.80. The highest BCUT2D eigenvalue weighted by Gasteiger charge is 2.10. The van der Waals surface area contributed by atoms with Crippen molar-refractivity contribution in [3.05, 3.63) is 24.0 Å². The molecule has 1 aromatic heterocycles. The monoisotopic (exact) mass is 237 g/mol. The van der Waals surface area contributed by atoms with Crippen LogP contribution in [-0.2, 0) is 6.54 Å². The highest BCUT2D eigenvalue weighted by Crippen LogP contribution is 2.09. The van der Waals surface area contributed by atoms with Crippen LogP contribution < -0.4 is 5.73 Å². The quantitative estimate of drug-likeness (QED) is 0.790. The van der Waals surface area contributed by atoms with Gasteiger partial charge in [-0.3, -0.25) is 0 Å². The lowest BCUT2D eigenvalue weighted by molar-refractivity contribution is 0.325. The lowest BCUT2D eigenvalue weighted by Gasteiger charge is -2.15. The van der Waals surface area contributed by atoms with E-state index in [1.54, 1.807) is 0 Å². The van der Waals surface area contributed by atoms with E-state index in [2.05, 4.69) is 15.7 Å². The van der Waals surface area contributed by atoms with E-state index in [0.717, 1.165) is 12.2 Å². The average Bonchev–Trinajstić information content (AvgIpc) is 2.87. The zero-order valence-corrected chi connectivity index (χ0v) is 10.4. The Hall–Kier alpha value is -0.870. The summed E-state index contributed by atoms with van der Waals surface area (Å²) >= 11 is 5.01. The summed E-state index contributed by atoms with van der Waals surface area (Å²) in [5.74, 6) is 0. The Morgan fingerprint density at radius 2 is 2.06 bits per heavy atom. The first-order valence-electron chi connectivity index (χ1n) is 5.94. The minimum absolute atomic E-state index is 0.492. The number of rotatable bonds is 5. The van der Waals surface area contributed by atoms with Gasteiger partial charge >= 0.3 is 0 Å². The predicted molar refractivity (Wildman–Crippen MR) is 70.6 cm³/mol. The molecule has 1 aromatic rings. The largest absolute Gasteiger partial charge is 0.388 e. The second-order valence-corrected chi connectivity index (χ2v) is 4.79. The van der Waals surface area contributed by atoms with Crippen molar-refractivity contribution in [2.24, 2.45) is 5.73 Å². The van der Waals surface area contributed by atoms with Gasteiger partial charge in [-0.1, -0.05) is 12.2 Å². The maximum atomic E-state index is 5.65. The molecule has 2 N–H and O–H groups in total. The number of hydrogen-bond donors (Lipinski definition) is 1. The molecule has 16 heavy (non-hydrogen) atoms. The molecule has 0 bridgehead atoms. The third kappa shape index (κ3) is 2.83. The number of aryl methyl sites for hydroxylation is 1. The van der Waals surface area contributed by atoms with Crippen molar-refractivity contribution < 1.29 is 0 Å². The Balaban J connectivity index is 1.80. The van der Waals surface area contributed by atoms with Gasteiger partial charge in [-0.2, -0.15) is 0 Å². The number of aromatic nitrogens is 1. The van der Waals surface area contributed by atoms with Crippen molar-refractivity contribution in [3.8, 4) is 0 Å². The van der Waals surface area contributed by atoms with Crippen molar-refractivity contribution in [1.82, 2.24) is 9.47 Å². The summed E-state index contributed by atoms with van der Waals surface area (Å²) in [6.07, 6.45) is 5.95. The van der Waals surface area contributed by atoms with Crippen LogP contribution in [0.3, 0.4) is 0 Å². The number of nitrogens with two attached hydrogens (primary N) is 1. The minimum atomic E-state index is 0.492. The third-order valence-corrected chi connectivity index (χ3v) is 3.36. The van der Waals surface area contributed by atoms with Crippen molar-refractivity contribution in [2.75, 3.05) is 19.6 Å². The molecule has 1 aliphatic heterocycles. The van der Waals surface area contributed by atoms with Crippen molar-refractivity contribution >= 4 is 17.2 Å². The molecule has 0 radical (unpaired) electrons. The normalized spacial score (nSPS) is 16.8. The topological polar surface area (TPSA) is 34.2 Å². The van der Waals surface area contributed by atoms with E-state index in [4.69, 9.17) is 18.0 Å². The molecule has 88 valence electrons. The second-order valence-electron chi connectivity index (χ2n) is 4.35. The lowest BCUT2D eigenvalue weighted by atomic mass is 10.3. The first-order chi connectivity index (χ1) is 7.77. The average molecular weight is 237 g/mol. The summed E-state index contributed by atoms with van der Waals surface area (Å²) in [6.45, 7) is 4.74. The molecule has 0 saturated carbocycles. The molecule has 0 atom stereocenters. The van der Waals surface area contributed by atoms with Crippen LogP contribution in [0.25, 0.3) is 0 Å². The van der Waals surface area contributed by atoms with E-state index in [1.807, 2.05) is 12.1 Å². The number of hydrogen-bond acceptors (Lipinski definition) is 2. The van der Waals surface area contributed by atoms with Gasteiger partial charge in [0.25, 0.3) is 0 Å². The van der Waals surface area contributed by atoms with Crippen LogP contribution in [-0.4, -0.2) is 34.1 Å². The molecule has 4 heteroatoms. The van der Waals surface area contributed by atoms with Crippen LogP contribution in [0.1, 0.15) is 25.0 Å². The van der Waals surface area contributed by atoms with Crippen molar-refractivity contribution in [3.63, 3.8) is 0 Å². The standard InChI is InChI=1S/C12H19N3S/c13-12(16)11-5-3-9-15(11)10-4-8-14-6-1-2-7-14/h3,5,9H,1-2,4,6-8,10H2,(H2,13,16). The Labute approximate surface area is 102 Å². The van der Waals surface area contributed by atoms with Crippen LogP contribution in [0.2, 0.25) is 0 Å². The molecule has 0 unspecified atom stereocenters. The Kier molecular flexibility index (Phi) is 3.96. The Morgan fingerprint density at radius 1 is 1.31 bits per heavy atom. The Morgan fingerprint density at radius 3 is 2.75 bits per heavy atom. The van der Waals surface area contributed by atoms with Gasteiger partial charge in [-0.05, 0) is 51.0 Å². The first-order valence-corrected chi connectivity index (χ1v) is 6.35. The van der Waals surface area contributed by atoms with Gasteiger partial charge in [0.05, 0.1) is 5.69 Å². The first kappa shape index (κ1) is 11.6. The smallest absolute Gasteiger partial charge is 0.120 e. The van der Waals surface area contributed by atoms with Crippen LogP contribution >= 0.6 is 12.2 Å². The molecule has 2 heterocycles. The van der Waals surface area contributed by atoms with E-state index in [-0.39, 0.29) is 0 Å². The van der Waals surface area contributed by atoms with E-state index in [9.17, 15) is 0 Å². The van der Waals surface area contributed by atoms with Crippen LogP contribution in [0.4, 0.5) is 0 Å². The van der Waals surface area contributed by atoms with Gasteiger partial charge in [0.2, 0.25) is 0 Å². The lowest BCUT2D eigenvalue weighted by Crippen LogP contribution is -2.22. The fraction of sp³-hybridized carbons (Fsp3) is 0.583. The van der Waals surface area contributed by atoms with Crippen LogP contribution in [0, 0.1) is 0 Å². The van der Waals surface area contributed by atoms with Crippen molar-refractivity contribution in [1.29, 1.82) is 0 Å². The van der Waals surface area contributed by atoms with E-state index >= 15 is 0 Å². The van der Waals surface area contributed by atoms with E-state index < -0.39 is 0 Å². The second kappa shape index (κ2) is 5.46. The summed E-state index contributed by atoms with van der Waals surface area (Å²) in [4.78, 5) is 3.02. The van der Waals surface area contributed by atoms with Crippen LogP contribution in [0.15, 0.2) is 18.3 Å². The summed E-state index contributed by atoms with van der Waals surface area (Å²) < 4.78 is 2.15. The van der Waals surface area contributed by atoms with Gasteiger partial charge in [-0.25, -0.2) is 0 Å². The van der Waals surface area contributed by atoms with Gasteiger partial charge in [0, 0.05) is 12.7 Å². The zero-order chi connectivity index (χ0) is 11.4. The Bertz CT molecular complexity index is 353. The number of likely N-dealkylation sites (tertiary alicyclic amines) is 1. The molecular formula is C12H19N3S. The van der Waals surface area contributed by atoms with E-state index in [0.29, 0.717) is 4.99 Å². The summed E-state index contributed by atoms with van der Waals surface area (Å²) in [5, 5.41) is 0. The maximum absolute atomic E-state index is 5.65. The molecule has 3 nitrogen and oxygen atoms in total. The molecule has 0 aliphatic carbocycles. The summed E-state index contributed by atoms with van der Waals surface area (Å²) in [7, 11) is 0. The number of nitrogens with zero attached hydrogens (tertiary/aromatic N) is 2. The summed E-state index contributed by atoms with van der Waals surface area (Å²) in [6, 6.07) is 3.99. The van der Waals surface area contributed by atoms with Crippen LogP contribution in [0.5, 0.6) is 0 Å². The zero-order valence-electron chi connectivity index (χ0n) is 9.56. The fourth-order valence-corrected chi connectivity index (χ4v) is 2.49. The fourth-order valence-electron chi connectivity index (χ4n) is 2.30. The molecule has 0 spiro atoms. The van der Waals surface area contributed by atoms with Crippen molar-refractivity contribution in [2.45, 2.75) is 25.8 Å². The SMILES string of the molecule is NC(=S)c1cccn1CCCN1CCCC1. The highest BCUT2D eigenvalue weighted by atomic mass is 32.1. The predicted octanol–water partition coefficient (Wildman–Crippen LogP) is 1.61. The van der Waals surface area contributed by atoms with Gasteiger partial charge in [-0.15, -0.1) is 0 Å². The third-order valence-electron chi connectivity index (χ3n) is 3.15. The molecule has 1 fully saturated rings. The van der Waals surface area contributed by atoms with E-state index in [1.165, 1.54) is 38.9 Å². The minimum Gasteiger partial charge on any atom is -0.388 e. The molecular weight excluding hydrogens is 218 g/mol. The molecule has 2 rings (SSSR count). The summed E-state index contributed by atoms with van der Waals surface area (Å²) in [5.41, 5.74) is 6.64.